The standard InChI is InChI=1S/C13H14O2/c1-10-6-7-15-13(8-10)12-4-2-11(9-14)3-5-12/h2-6,9,13H,7-8H2,1H3. The average molecular weight is 202 g/mol. The van der Waals surface area contributed by atoms with E-state index >= 15 is 0 Å². The molecular formula is C13H14O2. The fourth-order valence-corrected chi connectivity index (χ4v) is 1.74. The number of carbonyl (C=O) groups is 1. The van der Waals surface area contributed by atoms with Crippen LogP contribution in [0.15, 0.2) is 35.9 Å². The fourth-order valence-electron chi connectivity index (χ4n) is 1.74. The summed E-state index contributed by atoms with van der Waals surface area (Å²) in [4.78, 5) is 10.5. The molecule has 1 heterocycles. The number of hydrogen-bond acceptors (Lipinski definition) is 2. The van der Waals surface area contributed by atoms with Crippen molar-refractivity contribution in [2.75, 3.05) is 6.61 Å². The average Bonchev–Trinajstić information content (AvgIpc) is 2.29. The van der Waals surface area contributed by atoms with Gasteiger partial charge in [-0.15, -0.1) is 0 Å². The summed E-state index contributed by atoms with van der Waals surface area (Å²) in [6.45, 7) is 2.81. The van der Waals surface area contributed by atoms with E-state index < -0.39 is 0 Å². The summed E-state index contributed by atoms with van der Waals surface area (Å²) in [5, 5.41) is 0. The van der Waals surface area contributed by atoms with Crippen molar-refractivity contribution in [1.29, 1.82) is 0 Å². The topological polar surface area (TPSA) is 26.3 Å². The van der Waals surface area contributed by atoms with E-state index in [1.165, 1.54) is 5.57 Å². The minimum Gasteiger partial charge on any atom is -0.369 e. The molecule has 1 unspecified atom stereocenters. The highest BCUT2D eigenvalue weighted by Crippen LogP contribution is 2.28. The summed E-state index contributed by atoms with van der Waals surface area (Å²) in [6, 6.07) is 7.60. The van der Waals surface area contributed by atoms with Crippen LogP contribution in [0.3, 0.4) is 0 Å². The number of aldehydes is 1. The SMILES string of the molecule is CC1=CCOC(c2ccc(C=O)cc2)C1. The monoisotopic (exact) mass is 202 g/mol. The van der Waals surface area contributed by atoms with E-state index in [2.05, 4.69) is 13.0 Å². The van der Waals surface area contributed by atoms with Crippen molar-refractivity contribution in [3.8, 4) is 0 Å². The van der Waals surface area contributed by atoms with Crippen LogP contribution in [0.25, 0.3) is 0 Å². The number of benzene rings is 1. The van der Waals surface area contributed by atoms with Gasteiger partial charge >= 0.3 is 0 Å². The molecular weight excluding hydrogens is 188 g/mol. The second-order valence-electron chi connectivity index (χ2n) is 3.86. The van der Waals surface area contributed by atoms with Gasteiger partial charge in [0, 0.05) is 5.56 Å². The van der Waals surface area contributed by atoms with Crippen LogP contribution in [0, 0.1) is 0 Å². The molecule has 0 radical (unpaired) electrons. The molecule has 0 saturated carbocycles. The van der Waals surface area contributed by atoms with Gasteiger partial charge in [0.15, 0.2) is 0 Å². The van der Waals surface area contributed by atoms with Gasteiger partial charge in [-0.2, -0.15) is 0 Å². The Morgan fingerprint density at radius 3 is 2.67 bits per heavy atom. The first-order valence-electron chi connectivity index (χ1n) is 5.12. The molecule has 0 aromatic heterocycles. The molecule has 0 saturated heterocycles. The lowest BCUT2D eigenvalue weighted by atomic mass is 9.99. The molecule has 0 amide bonds. The zero-order valence-electron chi connectivity index (χ0n) is 8.77. The van der Waals surface area contributed by atoms with Crippen molar-refractivity contribution in [2.24, 2.45) is 0 Å². The summed E-state index contributed by atoms with van der Waals surface area (Å²) in [5.41, 5.74) is 3.22. The Labute approximate surface area is 89.6 Å². The molecule has 0 fully saturated rings. The zero-order valence-corrected chi connectivity index (χ0v) is 8.77. The van der Waals surface area contributed by atoms with Gasteiger partial charge < -0.3 is 4.74 Å². The van der Waals surface area contributed by atoms with Crippen molar-refractivity contribution < 1.29 is 9.53 Å². The van der Waals surface area contributed by atoms with Gasteiger partial charge in [0.25, 0.3) is 0 Å². The van der Waals surface area contributed by atoms with Crippen LogP contribution in [-0.4, -0.2) is 12.9 Å². The van der Waals surface area contributed by atoms with E-state index in [9.17, 15) is 4.79 Å². The molecule has 2 nitrogen and oxygen atoms in total. The van der Waals surface area contributed by atoms with Crippen molar-refractivity contribution >= 4 is 6.29 Å². The van der Waals surface area contributed by atoms with E-state index in [1.54, 1.807) is 0 Å². The summed E-state index contributed by atoms with van der Waals surface area (Å²) in [7, 11) is 0. The zero-order chi connectivity index (χ0) is 10.7. The molecule has 0 bridgehead atoms. The first kappa shape index (κ1) is 10.1. The predicted molar refractivity (Wildman–Crippen MR) is 58.9 cm³/mol. The summed E-state index contributed by atoms with van der Waals surface area (Å²) < 4.78 is 5.64. The Bertz CT molecular complexity index is 376. The Hall–Kier alpha value is -1.41. The molecule has 1 aromatic rings. The van der Waals surface area contributed by atoms with Crippen LogP contribution in [-0.2, 0) is 4.74 Å². The van der Waals surface area contributed by atoms with Crippen molar-refractivity contribution in [3.63, 3.8) is 0 Å². The smallest absolute Gasteiger partial charge is 0.150 e. The van der Waals surface area contributed by atoms with E-state index in [0.717, 1.165) is 18.3 Å². The quantitative estimate of drug-likeness (QED) is 0.544. The van der Waals surface area contributed by atoms with Gasteiger partial charge in [-0.05, 0) is 18.9 Å². The second-order valence-corrected chi connectivity index (χ2v) is 3.86. The molecule has 0 N–H and O–H groups in total. The molecule has 0 aliphatic carbocycles. The molecule has 15 heavy (non-hydrogen) atoms. The molecule has 0 spiro atoms. The first-order chi connectivity index (χ1) is 7.29. The normalized spacial score (nSPS) is 20.9. The number of rotatable bonds is 2. The second kappa shape index (κ2) is 4.41. The van der Waals surface area contributed by atoms with Gasteiger partial charge in [-0.1, -0.05) is 35.9 Å². The van der Waals surface area contributed by atoms with Crippen LogP contribution in [0.4, 0.5) is 0 Å². The molecule has 78 valence electrons. The van der Waals surface area contributed by atoms with Gasteiger partial charge in [-0.3, -0.25) is 4.79 Å². The van der Waals surface area contributed by atoms with E-state index in [4.69, 9.17) is 4.74 Å². The third kappa shape index (κ3) is 2.34. The Kier molecular flexibility index (Phi) is 2.97. The van der Waals surface area contributed by atoms with Gasteiger partial charge in [0.2, 0.25) is 0 Å². The van der Waals surface area contributed by atoms with Crippen molar-refractivity contribution in [1.82, 2.24) is 0 Å². The van der Waals surface area contributed by atoms with Crippen LogP contribution in [0.1, 0.15) is 35.4 Å². The number of carbonyl (C=O) groups excluding carboxylic acids is 1. The van der Waals surface area contributed by atoms with E-state index in [1.807, 2.05) is 24.3 Å². The van der Waals surface area contributed by atoms with Crippen molar-refractivity contribution in [2.45, 2.75) is 19.4 Å². The number of hydrogen-bond donors (Lipinski definition) is 0. The maximum Gasteiger partial charge on any atom is 0.150 e. The maximum atomic E-state index is 10.5. The van der Waals surface area contributed by atoms with Gasteiger partial charge in [0.1, 0.15) is 6.29 Å². The maximum absolute atomic E-state index is 10.5. The highest BCUT2D eigenvalue weighted by Gasteiger charge is 2.15. The predicted octanol–water partition coefficient (Wildman–Crippen LogP) is 2.91. The van der Waals surface area contributed by atoms with Crippen LogP contribution in [0.5, 0.6) is 0 Å². The third-order valence-electron chi connectivity index (χ3n) is 2.68. The Morgan fingerprint density at radius 1 is 1.33 bits per heavy atom. The van der Waals surface area contributed by atoms with Crippen LogP contribution < -0.4 is 0 Å². The minimum atomic E-state index is 0.149. The van der Waals surface area contributed by atoms with E-state index in [-0.39, 0.29) is 6.10 Å². The van der Waals surface area contributed by atoms with Gasteiger partial charge in [0.05, 0.1) is 12.7 Å². The van der Waals surface area contributed by atoms with Crippen LogP contribution >= 0.6 is 0 Å². The highest BCUT2D eigenvalue weighted by atomic mass is 16.5. The third-order valence-corrected chi connectivity index (χ3v) is 2.68. The summed E-state index contributed by atoms with van der Waals surface area (Å²) >= 11 is 0. The first-order valence-corrected chi connectivity index (χ1v) is 5.12. The largest absolute Gasteiger partial charge is 0.369 e. The highest BCUT2D eigenvalue weighted by molar-refractivity contribution is 5.74. The minimum absolute atomic E-state index is 0.149. The summed E-state index contributed by atoms with van der Waals surface area (Å²) in [6.07, 6.45) is 4.06. The molecule has 1 atom stereocenters. The Morgan fingerprint density at radius 2 is 2.07 bits per heavy atom. The Balaban J connectivity index is 2.15. The summed E-state index contributed by atoms with van der Waals surface area (Å²) in [5.74, 6) is 0. The van der Waals surface area contributed by atoms with Crippen LogP contribution in [0.2, 0.25) is 0 Å². The molecule has 1 aliphatic heterocycles. The molecule has 1 aromatic carbocycles. The molecule has 2 heteroatoms. The fraction of sp³-hybridized carbons (Fsp3) is 0.308. The lowest BCUT2D eigenvalue weighted by Crippen LogP contribution is -2.10. The lowest BCUT2D eigenvalue weighted by Gasteiger charge is -2.22. The van der Waals surface area contributed by atoms with Crippen molar-refractivity contribution in [3.05, 3.63) is 47.0 Å². The molecule has 1 aliphatic rings. The lowest BCUT2D eigenvalue weighted by molar-refractivity contribution is 0.0641. The van der Waals surface area contributed by atoms with E-state index in [0.29, 0.717) is 12.2 Å². The number of ether oxygens (including phenoxy) is 1. The van der Waals surface area contributed by atoms with Gasteiger partial charge in [-0.25, -0.2) is 0 Å². The molecule has 2 rings (SSSR count).